The zero-order valence-electron chi connectivity index (χ0n) is 15.5. The number of hydrogen-bond donors (Lipinski definition) is 1. The third-order valence-corrected chi connectivity index (χ3v) is 7.21. The summed E-state index contributed by atoms with van der Waals surface area (Å²) in [6.07, 6.45) is 3.02. The summed E-state index contributed by atoms with van der Waals surface area (Å²) in [4.78, 5) is 2.24. The second kappa shape index (κ2) is 7.99. The van der Waals surface area contributed by atoms with Crippen LogP contribution in [0, 0.1) is 0 Å². The number of phenols is 1. The topological polar surface area (TPSA) is 102 Å². The van der Waals surface area contributed by atoms with Gasteiger partial charge in [-0.15, -0.1) is 5.10 Å². The van der Waals surface area contributed by atoms with Crippen LogP contribution in [-0.2, 0) is 16.4 Å². The molecule has 2 heterocycles. The quantitative estimate of drug-likeness (QED) is 0.768. The third-order valence-electron chi connectivity index (χ3n) is 4.66. The zero-order chi connectivity index (χ0) is 19.6. The van der Waals surface area contributed by atoms with E-state index in [0.29, 0.717) is 30.3 Å². The molecule has 0 radical (unpaired) electrons. The molecule has 0 bridgehead atoms. The number of rotatable bonds is 6. The minimum Gasteiger partial charge on any atom is -0.502 e. The number of sulfone groups is 1. The molecule has 0 saturated carbocycles. The number of phenolic OH excluding ortho intramolecular Hbond substituents is 1. The monoisotopic (exact) mass is 413 g/mol. The smallest absolute Gasteiger partial charge is 0.200 e. The van der Waals surface area contributed by atoms with E-state index in [1.165, 1.54) is 20.5 Å². The fourth-order valence-corrected chi connectivity index (χ4v) is 5.15. The Morgan fingerprint density at radius 2 is 1.96 bits per heavy atom. The van der Waals surface area contributed by atoms with E-state index in [1.807, 2.05) is 0 Å². The highest BCUT2D eigenvalue weighted by Gasteiger charge is 2.29. The third kappa shape index (κ3) is 4.33. The molecule has 0 amide bonds. The number of likely N-dealkylation sites (tertiary alicyclic amines) is 1. The maximum atomic E-state index is 12.0. The van der Waals surface area contributed by atoms with E-state index >= 15 is 0 Å². The number of aromatic nitrogens is 2. The van der Waals surface area contributed by atoms with Gasteiger partial charge in [-0.05, 0) is 37.1 Å². The highest BCUT2D eigenvalue weighted by molar-refractivity contribution is 7.92. The van der Waals surface area contributed by atoms with Gasteiger partial charge in [0.1, 0.15) is 0 Å². The van der Waals surface area contributed by atoms with Gasteiger partial charge < -0.3 is 14.6 Å². The van der Waals surface area contributed by atoms with Crippen LogP contribution in [-0.4, -0.2) is 61.6 Å². The van der Waals surface area contributed by atoms with Gasteiger partial charge in [-0.3, -0.25) is 4.90 Å². The number of ether oxygens (including phenoxy) is 2. The summed E-state index contributed by atoms with van der Waals surface area (Å²) in [6.45, 7) is 2.22. The van der Waals surface area contributed by atoms with E-state index in [1.54, 1.807) is 12.1 Å². The fraction of sp³-hybridized carbons (Fsp3) is 0.529. The molecule has 10 heteroatoms. The minimum atomic E-state index is -3.32. The molecule has 27 heavy (non-hydrogen) atoms. The molecule has 8 nitrogen and oxygen atoms in total. The zero-order valence-corrected chi connectivity index (χ0v) is 17.1. The number of nitrogens with zero attached hydrogens (tertiary/aromatic N) is 3. The molecule has 1 aromatic carbocycles. The van der Waals surface area contributed by atoms with E-state index in [0.717, 1.165) is 36.5 Å². The molecule has 0 unspecified atom stereocenters. The molecule has 1 aromatic heterocycles. The number of aromatic hydroxyl groups is 1. The lowest BCUT2D eigenvalue weighted by Crippen LogP contribution is -2.34. The van der Waals surface area contributed by atoms with Gasteiger partial charge in [0.2, 0.25) is 5.75 Å². The largest absolute Gasteiger partial charge is 0.502 e. The second-order valence-corrected chi connectivity index (χ2v) is 9.61. The van der Waals surface area contributed by atoms with Gasteiger partial charge >= 0.3 is 0 Å². The Balaban J connectivity index is 1.79. The van der Waals surface area contributed by atoms with Gasteiger partial charge in [0, 0.05) is 36.8 Å². The van der Waals surface area contributed by atoms with Crippen LogP contribution in [0.4, 0.5) is 0 Å². The maximum Gasteiger partial charge on any atom is 0.200 e. The van der Waals surface area contributed by atoms with E-state index in [2.05, 4.69) is 14.5 Å². The van der Waals surface area contributed by atoms with Crippen LogP contribution >= 0.6 is 11.5 Å². The number of benzene rings is 1. The van der Waals surface area contributed by atoms with Crippen molar-refractivity contribution in [3.05, 3.63) is 23.4 Å². The van der Waals surface area contributed by atoms with Gasteiger partial charge in [0.05, 0.1) is 19.9 Å². The predicted molar refractivity (Wildman–Crippen MR) is 101 cm³/mol. The Bertz CT molecular complexity index is 888. The predicted octanol–water partition coefficient (Wildman–Crippen LogP) is 2.04. The van der Waals surface area contributed by atoms with Crippen LogP contribution < -0.4 is 9.47 Å². The normalized spacial score (nSPS) is 18.4. The highest BCUT2D eigenvalue weighted by atomic mass is 32.2. The summed E-state index contributed by atoms with van der Waals surface area (Å²) < 4.78 is 38.5. The first kappa shape index (κ1) is 19.8. The summed E-state index contributed by atoms with van der Waals surface area (Å²) in [5.74, 6) is 0.733. The van der Waals surface area contributed by atoms with Crippen molar-refractivity contribution in [2.45, 2.75) is 29.5 Å². The van der Waals surface area contributed by atoms with Crippen LogP contribution in [0.5, 0.6) is 17.2 Å². The van der Waals surface area contributed by atoms with Crippen molar-refractivity contribution in [1.82, 2.24) is 14.5 Å². The summed E-state index contributed by atoms with van der Waals surface area (Å²) in [5, 5.41) is 14.2. The molecular weight excluding hydrogens is 390 g/mol. The van der Waals surface area contributed by atoms with Gasteiger partial charge in [-0.2, -0.15) is 0 Å². The van der Waals surface area contributed by atoms with E-state index in [4.69, 9.17) is 9.47 Å². The molecule has 1 aliphatic rings. The van der Waals surface area contributed by atoms with Crippen LogP contribution in [0.2, 0.25) is 0 Å². The van der Waals surface area contributed by atoms with Crippen molar-refractivity contribution in [2.75, 3.05) is 33.6 Å². The first-order valence-corrected chi connectivity index (χ1v) is 11.2. The summed E-state index contributed by atoms with van der Waals surface area (Å²) in [5.41, 5.74) is 1.52. The Hall–Kier alpha value is -1.91. The minimum absolute atomic E-state index is 0.0217. The SMILES string of the molecule is COc1cc(CN2CCC[C@@H](c3nnsc3S(C)(=O)=O)C2)cc(OC)c1O. The first-order valence-electron chi connectivity index (χ1n) is 8.52. The average Bonchev–Trinajstić information content (AvgIpc) is 3.13. The lowest BCUT2D eigenvalue weighted by atomic mass is 9.95. The molecule has 2 aromatic rings. The molecule has 1 N–H and O–H groups in total. The van der Waals surface area contributed by atoms with E-state index in [9.17, 15) is 13.5 Å². The molecule has 1 atom stereocenters. The highest BCUT2D eigenvalue weighted by Crippen LogP contribution is 2.38. The van der Waals surface area contributed by atoms with Crippen molar-refractivity contribution in [2.24, 2.45) is 0 Å². The molecule has 0 aliphatic carbocycles. The van der Waals surface area contributed by atoms with Crippen molar-refractivity contribution < 1.29 is 23.0 Å². The average molecular weight is 414 g/mol. The summed E-state index contributed by atoms with van der Waals surface area (Å²) in [7, 11) is -0.330. The molecule has 1 aliphatic heterocycles. The standard InChI is InChI=1S/C17H23N3O5S2/c1-24-13-7-11(8-14(25-2)16(13)21)9-20-6-4-5-12(10-20)15-17(26-19-18-15)27(3,22)23/h7-8,12,21H,4-6,9-10H2,1-3H3/t12-/m1/s1. The molecule has 0 spiro atoms. The van der Waals surface area contributed by atoms with Gasteiger partial charge in [-0.1, -0.05) is 4.49 Å². The van der Waals surface area contributed by atoms with Crippen molar-refractivity contribution in [3.63, 3.8) is 0 Å². The van der Waals surface area contributed by atoms with Gasteiger partial charge in [0.25, 0.3) is 0 Å². The van der Waals surface area contributed by atoms with Crippen molar-refractivity contribution >= 4 is 21.4 Å². The van der Waals surface area contributed by atoms with E-state index in [-0.39, 0.29) is 15.9 Å². The number of methoxy groups -OCH3 is 2. The van der Waals surface area contributed by atoms with Crippen LogP contribution in [0.1, 0.15) is 30.0 Å². The lowest BCUT2D eigenvalue weighted by Gasteiger charge is -2.32. The molecular formula is C17H23N3O5S2. The van der Waals surface area contributed by atoms with Crippen molar-refractivity contribution in [1.29, 1.82) is 0 Å². The molecule has 3 rings (SSSR count). The van der Waals surface area contributed by atoms with Crippen LogP contribution in [0.3, 0.4) is 0 Å². The Kier molecular flexibility index (Phi) is 5.87. The Morgan fingerprint density at radius 3 is 2.56 bits per heavy atom. The van der Waals surface area contributed by atoms with E-state index < -0.39 is 9.84 Å². The maximum absolute atomic E-state index is 12.0. The lowest BCUT2D eigenvalue weighted by molar-refractivity contribution is 0.197. The number of hydrogen-bond acceptors (Lipinski definition) is 9. The fourth-order valence-electron chi connectivity index (χ4n) is 3.41. The Morgan fingerprint density at radius 1 is 1.30 bits per heavy atom. The first-order chi connectivity index (χ1) is 12.8. The molecule has 148 valence electrons. The van der Waals surface area contributed by atoms with Gasteiger partial charge in [-0.25, -0.2) is 8.42 Å². The second-order valence-electron chi connectivity index (χ2n) is 6.64. The number of piperidine rings is 1. The van der Waals surface area contributed by atoms with Crippen LogP contribution in [0.25, 0.3) is 0 Å². The van der Waals surface area contributed by atoms with Crippen LogP contribution in [0.15, 0.2) is 16.3 Å². The Labute approximate surface area is 162 Å². The summed E-state index contributed by atoms with van der Waals surface area (Å²) >= 11 is 0.938. The molecule has 1 saturated heterocycles. The van der Waals surface area contributed by atoms with Gasteiger partial charge in [0.15, 0.2) is 25.5 Å². The van der Waals surface area contributed by atoms with Crippen molar-refractivity contribution in [3.8, 4) is 17.2 Å². The molecule has 1 fully saturated rings. The summed E-state index contributed by atoms with van der Waals surface area (Å²) in [6, 6.07) is 3.57.